The Morgan fingerprint density at radius 2 is 0.980 bits per heavy atom. The van der Waals surface area contributed by atoms with Gasteiger partial charge >= 0.3 is 0 Å². The highest BCUT2D eigenvalue weighted by molar-refractivity contribution is 6.02. The number of aromatic nitrogens is 4. The fourth-order valence-corrected chi connectivity index (χ4v) is 9.33. The molecule has 2 aliphatic carbocycles. The minimum absolute atomic E-state index is 0.0497. The number of nitrogens with zero attached hydrogens (tertiary/aromatic N) is 4. The van der Waals surface area contributed by atoms with Crippen molar-refractivity contribution in [3.05, 3.63) is 58.7 Å². The molecule has 2 heterocycles. The van der Waals surface area contributed by atoms with Crippen LogP contribution in [0.4, 0.5) is 0 Å². The molecular weight excluding hydrogens is 617 g/mol. The van der Waals surface area contributed by atoms with Gasteiger partial charge in [-0.05, 0) is 97.5 Å². The van der Waals surface area contributed by atoms with Gasteiger partial charge in [-0.25, -0.2) is 9.26 Å². The Morgan fingerprint density at radius 1 is 0.480 bits per heavy atom. The van der Waals surface area contributed by atoms with Crippen LogP contribution in [0.5, 0.6) is 0 Å². The molecule has 0 N–H and O–H groups in total. The van der Waals surface area contributed by atoms with E-state index in [9.17, 15) is 0 Å². The topological polar surface area (TPSA) is 77.8 Å². The van der Waals surface area contributed by atoms with Gasteiger partial charge in [0.15, 0.2) is 0 Å². The molecule has 0 amide bonds. The van der Waals surface area contributed by atoms with E-state index in [0.717, 1.165) is 28.5 Å². The SMILES string of the molecule is CCCCCCCCCCCCC1(CCCCCCCCCCCC)c2cc3c(cc2-c2c1ccc1nonc21)Cc1ccc2nonc2c1-3. The second-order valence-corrected chi connectivity index (χ2v) is 15.5. The smallest absolute Gasteiger partial charge is 0.143 e. The first-order valence-electron chi connectivity index (χ1n) is 20.4. The summed E-state index contributed by atoms with van der Waals surface area (Å²) in [5, 5.41) is 17.4. The lowest BCUT2D eigenvalue weighted by Crippen LogP contribution is -2.25. The van der Waals surface area contributed by atoms with Crippen LogP contribution in [-0.2, 0) is 11.8 Å². The molecule has 0 unspecified atom stereocenters. The molecule has 0 spiro atoms. The summed E-state index contributed by atoms with van der Waals surface area (Å²) in [6.45, 7) is 4.60. The van der Waals surface area contributed by atoms with Crippen LogP contribution in [0.2, 0.25) is 0 Å². The van der Waals surface area contributed by atoms with Gasteiger partial charge in [-0.15, -0.1) is 0 Å². The number of fused-ring (bicyclic) bond motifs is 10. The van der Waals surface area contributed by atoms with E-state index in [1.807, 2.05) is 6.07 Å². The molecule has 6 heteroatoms. The summed E-state index contributed by atoms with van der Waals surface area (Å²) in [7, 11) is 0. The Labute approximate surface area is 299 Å². The molecule has 6 nitrogen and oxygen atoms in total. The second-order valence-electron chi connectivity index (χ2n) is 15.5. The van der Waals surface area contributed by atoms with Crippen LogP contribution in [0.25, 0.3) is 44.3 Å². The molecule has 0 aliphatic heterocycles. The third kappa shape index (κ3) is 7.14. The Bertz CT molecular complexity index is 1830. The molecular formula is C44H58N4O2. The molecule has 3 aromatic carbocycles. The lowest BCUT2D eigenvalue weighted by Gasteiger charge is -2.33. The maximum absolute atomic E-state index is 5.36. The lowest BCUT2D eigenvalue weighted by molar-refractivity contribution is 0.315. The Balaban J connectivity index is 1.15. The van der Waals surface area contributed by atoms with Gasteiger partial charge in [-0.3, -0.25) is 0 Å². The van der Waals surface area contributed by atoms with Gasteiger partial charge in [0.05, 0.1) is 0 Å². The highest BCUT2D eigenvalue weighted by Crippen LogP contribution is 2.58. The molecule has 5 aromatic rings. The Morgan fingerprint density at radius 3 is 1.54 bits per heavy atom. The Kier molecular flexibility index (Phi) is 11.6. The fourth-order valence-electron chi connectivity index (χ4n) is 9.33. The zero-order valence-corrected chi connectivity index (χ0v) is 30.8. The summed E-state index contributed by atoms with van der Waals surface area (Å²) < 4.78 is 10.6. The predicted octanol–water partition coefficient (Wildman–Crippen LogP) is 13.2. The highest BCUT2D eigenvalue weighted by atomic mass is 16.6. The molecule has 50 heavy (non-hydrogen) atoms. The van der Waals surface area contributed by atoms with E-state index in [-0.39, 0.29) is 5.41 Å². The molecule has 0 saturated carbocycles. The number of unbranched alkanes of at least 4 members (excludes halogenated alkanes) is 18. The monoisotopic (exact) mass is 674 g/mol. The van der Waals surface area contributed by atoms with E-state index in [1.54, 1.807) is 0 Å². The van der Waals surface area contributed by atoms with Gasteiger partial charge < -0.3 is 0 Å². The third-order valence-corrected chi connectivity index (χ3v) is 12.1. The summed E-state index contributed by atoms with van der Waals surface area (Å²) in [5.74, 6) is 0. The summed E-state index contributed by atoms with van der Waals surface area (Å²) in [4.78, 5) is 0. The highest BCUT2D eigenvalue weighted by Gasteiger charge is 2.45. The van der Waals surface area contributed by atoms with Crippen LogP contribution in [0.1, 0.15) is 177 Å². The largest absolute Gasteiger partial charge is 0.243 e. The van der Waals surface area contributed by atoms with Gasteiger partial charge in [0.25, 0.3) is 0 Å². The maximum Gasteiger partial charge on any atom is 0.143 e. The molecule has 2 aromatic heterocycles. The molecule has 0 saturated heterocycles. The van der Waals surface area contributed by atoms with Crippen molar-refractivity contribution in [1.82, 2.24) is 20.6 Å². The molecule has 266 valence electrons. The van der Waals surface area contributed by atoms with E-state index < -0.39 is 0 Å². The summed E-state index contributed by atoms with van der Waals surface area (Å²) >= 11 is 0. The lowest BCUT2D eigenvalue weighted by atomic mass is 9.70. The van der Waals surface area contributed by atoms with E-state index in [2.05, 4.69) is 64.8 Å². The van der Waals surface area contributed by atoms with Gasteiger partial charge in [0.2, 0.25) is 0 Å². The first-order chi connectivity index (χ1) is 24.7. The van der Waals surface area contributed by atoms with Gasteiger partial charge in [0, 0.05) is 16.5 Å². The average molecular weight is 675 g/mol. The van der Waals surface area contributed by atoms with Gasteiger partial charge in [0.1, 0.15) is 22.1 Å². The van der Waals surface area contributed by atoms with Crippen LogP contribution < -0.4 is 0 Å². The van der Waals surface area contributed by atoms with Crippen LogP contribution in [-0.4, -0.2) is 20.6 Å². The van der Waals surface area contributed by atoms with E-state index in [1.165, 1.54) is 186 Å². The van der Waals surface area contributed by atoms with Crippen LogP contribution in [0, 0.1) is 0 Å². The van der Waals surface area contributed by atoms with E-state index in [4.69, 9.17) is 9.26 Å². The number of hydrogen-bond acceptors (Lipinski definition) is 6. The van der Waals surface area contributed by atoms with Crippen molar-refractivity contribution in [2.24, 2.45) is 0 Å². The normalized spacial score (nSPS) is 14.0. The van der Waals surface area contributed by atoms with Crippen LogP contribution in [0.3, 0.4) is 0 Å². The summed E-state index contributed by atoms with van der Waals surface area (Å²) in [5.41, 5.74) is 14.1. The molecule has 0 fully saturated rings. The molecule has 7 rings (SSSR count). The van der Waals surface area contributed by atoms with Crippen molar-refractivity contribution in [3.8, 4) is 22.3 Å². The standard InChI is InChI=1S/C44H58N4O2/c1-3-5-7-9-11-13-15-17-19-21-27-44(28-22-20-18-16-14-12-10-8-6-4-2)36-24-26-39-43(48-50-46-39)41(36)35-30-33-29-32-23-25-38-42(47-49-45-38)40(32)34(33)31-37(35)44/h23-26,30-31H,3-22,27-29H2,1-2H3. The Hall–Kier alpha value is -3.54. The molecule has 0 bridgehead atoms. The molecule has 2 aliphatic rings. The van der Waals surface area contributed by atoms with Crippen molar-refractivity contribution >= 4 is 22.1 Å². The van der Waals surface area contributed by atoms with Crippen molar-refractivity contribution in [3.63, 3.8) is 0 Å². The quantitative estimate of drug-likeness (QED) is 0.0667. The number of benzene rings is 3. The zero-order chi connectivity index (χ0) is 34.2. The first-order valence-corrected chi connectivity index (χ1v) is 20.4. The van der Waals surface area contributed by atoms with Gasteiger partial charge in [-0.1, -0.05) is 154 Å². The van der Waals surface area contributed by atoms with Crippen molar-refractivity contribution in [1.29, 1.82) is 0 Å². The van der Waals surface area contributed by atoms with Crippen LogP contribution in [0.15, 0.2) is 45.7 Å². The van der Waals surface area contributed by atoms with Crippen molar-refractivity contribution < 1.29 is 9.26 Å². The maximum atomic E-state index is 5.36. The number of rotatable bonds is 22. The molecule has 0 atom stereocenters. The predicted molar refractivity (Wildman–Crippen MR) is 205 cm³/mol. The van der Waals surface area contributed by atoms with E-state index >= 15 is 0 Å². The third-order valence-electron chi connectivity index (χ3n) is 12.1. The first kappa shape index (κ1) is 34.9. The minimum Gasteiger partial charge on any atom is -0.243 e. The van der Waals surface area contributed by atoms with Crippen molar-refractivity contribution in [2.75, 3.05) is 0 Å². The second kappa shape index (κ2) is 16.7. The van der Waals surface area contributed by atoms with E-state index in [0.29, 0.717) is 0 Å². The minimum atomic E-state index is -0.0497. The summed E-state index contributed by atoms with van der Waals surface area (Å²) in [6, 6.07) is 13.8. The average Bonchev–Trinajstić information content (AvgIpc) is 3.93. The van der Waals surface area contributed by atoms with Crippen LogP contribution >= 0.6 is 0 Å². The summed E-state index contributed by atoms with van der Waals surface area (Å²) in [6.07, 6.45) is 30.3. The van der Waals surface area contributed by atoms with Crippen molar-refractivity contribution in [2.45, 2.75) is 167 Å². The zero-order valence-electron chi connectivity index (χ0n) is 30.8. The fraction of sp³-hybridized carbons (Fsp3) is 0.591. The molecule has 0 radical (unpaired) electrons. The van der Waals surface area contributed by atoms with Gasteiger partial charge in [-0.2, -0.15) is 0 Å². The number of hydrogen-bond donors (Lipinski definition) is 0.